The Morgan fingerprint density at radius 2 is 2.12 bits per heavy atom. The summed E-state index contributed by atoms with van der Waals surface area (Å²) in [6.07, 6.45) is 6.72. The number of nitrogens with zero attached hydrogens (tertiary/aromatic N) is 6. The maximum absolute atomic E-state index is 13.6. The third-order valence-electron chi connectivity index (χ3n) is 7.21. The van der Waals surface area contributed by atoms with Crippen molar-refractivity contribution in [3.05, 3.63) is 18.6 Å². The number of likely N-dealkylation sites (N-methyl/N-ethyl adjacent to an activating group) is 1. The third kappa shape index (κ3) is 3.98. The van der Waals surface area contributed by atoms with Crippen molar-refractivity contribution < 1.29 is 18.3 Å². The Morgan fingerprint density at radius 1 is 1.30 bits per heavy atom. The van der Waals surface area contributed by atoms with Crippen molar-refractivity contribution in [3.8, 4) is 0 Å². The van der Waals surface area contributed by atoms with E-state index in [-0.39, 0.29) is 31.5 Å². The molecular weight excluding hydrogens is 446 g/mol. The summed E-state index contributed by atoms with van der Waals surface area (Å²) in [5.74, 6) is 0.723. The summed E-state index contributed by atoms with van der Waals surface area (Å²) in [5, 5.41) is 10.0. The molecule has 2 aromatic rings. The number of piperazine rings is 1. The van der Waals surface area contributed by atoms with E-state index in [2.05, 4.69) is 19.9 Å². The van der Waals surface area contributed by atoms with Crippen molar-refractivity contribution in [2.24, 2.45) is 0 Å². The monoisotopic (exact) mass is 477 g/mol. The third-order valence-corrected chi connectivity index (χ3v) is 9.27. The van der Waals surface area contributed by atoms with E-state index in [9.17, 15) is 13.2 Å². The number of aliphatic hydroxyl groups is 1. The molecule has 3 aliphatic rings. The molecule has 1 amide bonds. The van der Waals surface area contributed by atoms with Gasteiger partial charge in [-0.25, -0.2) is 9.97 Å². The second kappa shape index (κ2) is 8.49. The molecule has 1 unspecified atom stereocenters. The van der Waals surface area contributed by atoms with Gasteiger partial charge in [-0.2, -0.15) is 17.0 Å². The summed E-state index contributed by atoms with van der Waals surface area (Å²) in [6, 6.07) is 1.80. The van der Waals surface area contributed by atoms with Crippen LogP contribution in [0.4, 0.5) is 5.82 Å². The Labute approximate surface area is 193 Å². The Hall–Kier alpha value is -2.28. The van der Waals surface area contributed by atoms with Crippen LogP contribution in [0.5, 0.6) is 0 Å². The number of carbonyl (C=O) groups excluding carboxylic acids is 1. The molecule has 1 aliphatic carbocycles. The average Bonchev–Trinajstić information content (AvgIpc) is 3.18. The fraction of sp³-hybridized carbons (Fsp3) is 0.667. The summed E-state index contributed by atoms with van der Waals surface area (Å²) < 4.78 is 30.3. The largest absolute Gasteiger partial charge is 0.396 e. The number of aromatic nitrogens is 3. The van der Waals surface area contributed by atoms with Gasteiger partial charge >= 0.3 is 0 Å². The minimum absolute atomic E-state index is 0.0789. The highest BCUT2D eigenvalue weighted by molar-refractivity contribution is 7.86. The zero-order valence-corrected chi connectivity index (χ0v) is 19.7. The maximum atomic E-state index is 13.6. The van der Waals surface area contributed by atoms with E-state index in [1.165, 1.54) is 10.6 Å². The van der Waals surface area contributed by atoms with Crippen LogP contribution in [0.2, 0.25) is 0 Å². The van der Waals surface area contributed by atoms with Crippen LogP contribution in [-0.2, 0) is 15.0 Å². The second-order valence-corrected chi connectivity index (χ2v) is 11.3. The molecule has 2 aliphatic heterocycles. The van der Waals surface area contributed by atoms with Crippen molar-refractivity contribution in [1.29, 1.82) is 0 Å². The average molecular weight is 478 g/mol. The van der Waals surface area contributed by atoms with Gasteiger partial charge in [-0.05, 0) is 31.7 Å². The predicted molar refractivity (Wildman–Crippen MR) is 123 cm³/mol. The molecule has 4 heterocycles. The SMILES string of the molecule is CN(CC1CCCN1C(=O)CCO)S(=O)(=O)N1CCN(c2ncnc3[nH]ccc23)CC12CC2. The van der Waals surface area contributed by atoms with Crippen molar-refractivity contribution in [1.82, 2.24) is 28.5 Å². The molecule has 2 N–H and O–H groups in total. The summed E-state index contributed by atoms with van der Waals surface area (Å²) in [7, 11) is -2.07. The number of hydrogen-bond donors (Lipinski definition) is 2. The van der Waals surface area contributed by atoms with Crippen molar-refractivity contribution in [2.45, 2.75) is 43.7 Å². The minimum Gasteiger partial charge on any atom is -0.396 e. The summed E-state index contributed by atoms with van der Waals surface area (Å²) in [5.41, 5.74) is 0.359. The number of amides is 1. The quantitative estimate of drug-likeness (QED) is 0.582. The Balaban J connectivity index is 1.30. The normalized spacial score (nSPS) is 23.2. The molecule has 2 saturated heterocycles. The lowest BCUT2D eigenvalue weighted by atomic mass is 10.2. The molecule has 5 rings (SSSR count). The van der Waals surface area contributed by atoms with E-state index < -0.39 is 15.7 Å². The first kappa shape index (κ1) is 22.5. The lowest BCUT2D eigenvalue weighted by Gasteiger charge is -2.43. The van der Waals surface area contributed by atoms with E-state index in [4.69, 9.17) is 5.11 Å². The predicted octanol–water partition coefficient (Wildman–Crippen LogP) is 0.163. The van der Waals surface area contributed by atoms with Gasteiger partial charge in [0.1, 0.15) is 17.8 Å². The van der Waals surface area contributed by atoms with E-state index in [1.807, 2.05) is 12.3 Å². The number of fused-ring (bicyclic) bond motifs is 1. The summed E-state index contributed by atoms with van der Waals surface area (Å²) in [6.45, 7) is 2.24. The topological polar surface area (TPSA) is 126 Å². The van der Waals surface area contributed by atoms with Gasteiger partial charge in [0.05, 0.1) is 17.5 Å². The van der Waals surface area contributed by atoms with Crippen molar-refractivity contribution in [2.75, 3.05) is 51.3 Å². The molecule has 12 heteroatoms. The highest BCUT2D eigenvalue weighted by atomic mass is 32.2. The molecule has 2 aromatic heterocycles. The van der Waals surface area contributed by atoms with Crippen LogP contribution in [-0.4, -0.2) is 106 Å². The maximum Gasteiger partial charge on any atom is 0.282 e. The van der Waals surface area contributed by atoms with Crippen LogP contribution < -0.4 is 4.90 Å². The first-order valence-corrected chi connectivity index (χ1v) is 12.9. The van der Waals surface area contributed by atoms with Gasteiger partial charge in [-0.1, -0.05) is 0 Å². The highest BCUT2D eigenvalue weighted by Gasteiger charge is 2.57. The molecule has 1 saturated carbocycles. The molecule has 11 nitrogen and oxygen atoms in total. The van der Waals surface area contributed by atoms with Crippen LogP contribution in [0, 0.1) is 0 Å². The number of rotatable bonds is 7. The lowest BCUT2D eigenvalue weighted by Crippen LogP contribution is -2.60. The fourth-order valence-corrected chi connectivity index (χ4v) is 7.06. The smallest absolute Gasteiger partial charge is 0.282 e. The molecule has 0 aromatic carbocycles. The van der Waals surface area contributed by atoms with E-state index in [0.717, 1.165) is 42.5 Å². The molecule has 1 spiro atoms. The first-order valence-electron chi connectivity index (χ1n) is 11.5. The van der Waals surface area contributed by atoms with Crippen molar-refractivity contribution in [3.63, 3.8) is 0 Å². The van der Waals surface area contributed by atoms with Crippen LogP contribution >= 0.6 is 0 Å². The number of nitrogens with one attached hydrogen (secondary N) is 1. The van der Waals surface area contributed by atoms with Crippen molar-refractivity contribution >= 4 is 33.0 Å². The van der Waals surface area contributed by atoms with E-state index in [0.29, 0.717) is 26.2 Å². The van der Waals surface area contributed by atoms with Gasteiger partial charge in [0, 0.05) is 58.4 Å². The molecule has 0 bridgehead atoms. The summed E-state index contributed by atoms with van der Waals surface area (Å²) >= 11 is 0. The van der Waals surface area contributed by atoms with Crippen LogP contribution in [0.15, 0.2) is 18.6 Å². The molecule has 3 fully saturated rings. The highest BCUT2D eigenvalue weighted by Crippen LogP contribution is 2.47. The molecule has 33 heavy (non-hydrogen) atoms. The lowest BCUT2D eigenvalue weighted by molar-refractivity contribution is -0.132. The number of hydrogen-bond acceptors (Lipinski definition) is 7. The number of aliphatic hydroxyl groups excluding tert-OH is 1. The summed E-state index contributed by atoms with van der Waals surface area (Å²) in [4.78, 5) is 28.1. The number of anilines is 1. The Morgan fingerprint density at radius 3 is 2.88 bits per heavy atom. The Bertz CT molecular complexity index is 1130. The van der Waals surface area contributed by atoms with Gasteiger partial charge in [0.15, 0.2) is 0 Å². The zero-order valence-electron chi connectivity index (χ0n) is 18.9. The van der Waals surface area contributed by atoms with E-state index >= 15 is 0 Å². The standard InChI is InChI=1S/C21H31N7O4S/c1-25(13-16-3-2-9-27(16)18(30)5-12-29)33(31,32)28-11-10-26(14-21(28)6-7-21)20-17-4-8-22-19(17)23-15-24-20/h4,8,15-16,29H,2-3,5-7,9-14H2,1H3,(H,22,23,24). The molecule has 1 atom stereocenters. The fourth-order valence-electron chi connectivity index (χ4n) is 5.32. The number of carbonyl (C=O) groups is 1. The van der Waals surface area contributed by atoms with Gasteiger partial charge in [0.25, 0.3) is 10.2 Å². The first-order chi connectivity index (χ1) is 15.9. The Kier molecular flexibility index (Phi) is 5.79. The second-order valence-electron chi connectivity index (χ2n) is 9.30. The minimum atomic E-state index is -3.68. The van der Waals surface area contributed by atoms with Gasteiger partial charge in [-0.3, -0.25) is 4.79 Å². The number of H-pyrrole nitrogens is 1. The molecule has 180 valence electrons. The van der Waals surface area contributed by atoms with E-state index in [1.54, 1.807) is 16.3 Å². The zero-order chi connectivity index (χ0) is 23.2. The van der Waals surface area contributed by atoms with Gasteiger partial charge in [0.2, 0.25) is 5.91 Å². The number of likely N-dealkylation sites (tertiary alicyclic amines) is 1. The van der Waals surface area contributed by atoms with Crippen LogP contribution in [0.1, 0.15) is 32.1 Å². The van der Waals surface area contributed by atoms with Gasteiger partial charge < -0.3 is 19.9 Å². The van der Waals surface area contributed by atoms with Gasteiger partial charge in [-0.15, -0.1) is 0 Å². The van der Waals surface area contributed by atoms with Crippen LogP contribution in [0.3, 0.4) is 0 Å². The number of aromatic amines is 1. The molecule has 0 radical (unpaired) electrons. The van der Waals surface area contributed by atoms with Crippen LogP contribution in [0.25, 0.3) is 11.0 Å². The molecular formula is C21H31N7O4S.